The van der Waals surface area contributed by atoms with E-state index in [0.717, 1.165) is 0 Å². The number of carbonyl (C=O) groups is 1. The Hall–Kier alpha value is -0.610. The highest BCUT2D eigenvalue weighted by Gasteiger charge is 2.25. The highest BCUT2D eigenvalue weighted by molar-refractivity contribution is 5.76. The lowest BCUT2D eigenvalue weighted by Gasteiger charge is -2.35. The first-order valence-electron chi connectivity index (χ1n) is 5.64. The highest BCUT2D eigenvalue weighted by Crippen LogP contribution is 2.11. The van der Waals surface area contributed by atoms with E-state index in [1.54, 1.807) is 0 Å². The third-order valence-corrected chi connectivity index (χ3v) is 2.44. The van der Waals surface area contributed by atoms with Gasteiger partial charge >= 0.3 is 0 Å². The van der Waals surface area contributed by atoms with Gasteiger partial charge < -0.3 is 14.4 Å². The molecule has 1 fully saturated rings. The smallest absolute Gasteiger partial charge is 0.225 e. The summed E-state index contributed by atoms with van der Waals surface area (Å²) in [5.74, 6) is 0.172. The number of amides is 1. The van der Waals surface area contributed by atoms with Crippen LogP contribution in [0.3, 0.4) is 0 Å². The van der Waals surface area contributed by atoms with Crippen LogP contribution in [-0.4, -0.2) is 49.3 Å². The average Bonchev–Trinajstić information content (AvgIpc) is 2.16. The van der Waals surface area contributed by atoms with Crippen molar-refractivity contribution in [2.24, 2.45) is 0 Å². The quantitative estimate of drug-likeness (QED) is 0.658. The molecule has 0 aromatic heterocycles. The van der Waals surface area contributed by atoms with Crippen molar-refractivity contribution in [1.82, 2.24) is 4.90 Å². The molecule has 4 heteroatoms. The standard InChI is InChI=1S/C11H21NO3/c1-4-14-6-5-11(13)12-7-9(2)15-10(3)8-12/h9-10H,4-8H2,1-3H3/t9-,10-/m0/s1. The summed E-state index contributed by atoms with van der Waals surface area (Å²) in [6.07, 6.45) is 0.766. The van der Waals surface area contributed by atoms with Crippen LogP contribution in [-0.2, 0) is 14.3 Å². The second-order valence-corrected chi connectivity index (χ2v) is 4.00. The minimum Gasteiger partial charge on any atom is -0.381 e. The summed E-state index contributed by atoms with van der Waals surface area (Å²) in [4.78, 5) is 13.6. The average molecular weight is 215 g/mol. The number of hydrogen-bond donors (Lipinski definition) is 0. The Morgan fingerprint density at radius 2 is 2.00 bits per heavy atom. The Bertz CT molecular complexity index is 198. The normalized spacial score (nSPS) is 26.7. The second kappa shape index (κ2) is 6.08. The van der Waals surface area contributed by atoms with Crippen LogP contribution >= 0.6 is 0 Å². The molecule has 0 unspecified atom stereocenters. The first kappa shape index (κ1) is 12.5. The van der Waals surface area contributed by atoms with Gasteiger partial charge in [0.2, 0.25) is 5.91 Å². The van der Waals surface area contributed by atoms with Crippen molar-refractivity contribution in [3.8, 4) is 0 Å². The minimum atomic E-state index is 0.143. The lowest BCUT2D eigenvalue weighted by molar-refractivity contribution is -0.144. The van der Waals surface area contributed by atoms with E-state index in [1.807, 2.05) is 25.7 Å². The lowest BCUT2D eigenvalue weighted by atomic mass is 10.2. The van der Waals surface area contributed by atoms with Gasteiger partial charge in [-0.25, -0.2) is 0 Å². The molecular formula is C11H21NO3. The zero-order chi connectivity index (χ0) is 11.3. The monoisotopic (exact) mass is 215 g/mol. The summed E-state index contributed by atoms with van der Waals surface area (Å²) < 4.78 is 10.7. The Morgan fingerprint density at radius 3 is 2.53 bits per heavy atom. The minimum absolute atomic E-state index is 0.143. The second-order valence-electron chi connectivity index (χ2n) is 4.00. The fourth-order valence-corrected chi connectivity index (χ4v) is 1.84. The largest absolute Gasteiger partial charge is 0.381 e. The van der Waals surface area contributed by atoms with E-state index >= 15 is 0 Å². The molecule has 1 amide bonds. The van der Waals surface area contributed by atoms with E-state index < -0.39 is 0 Å². The molecular weight excluding hydrogens is 194 g/mol. The number of rotatable bonds is 4. The fourth-order valence-electron chi connectivity index (χ4n) is 1.84. The van der Waals surface area contributed by atoms with Gasteiger partial charge in [0, 0.05) is 19.7 Å². The van der Waals surface area contributed by atoms with Gasteiger partial charge in [-0.2, -0.15) is 0 Å². The lowest BCUT2D eigenvalue weighted by Crippen LogP contribution is -2.48. The van der Waals surface area contributed by atoms with E-state index in [4.69, 9.17) is 9.47 Å². The third kappa shape index (κ3) is 4.18. The van der Waals surface area contributed by atoms with E-state index in [-0.39, 0.29) is 18.1 Å². The molecule has 0 aliphatic carbocycles. The van der Waals surface area contributed by atoms with Gasteiger partial charge in [0.25, 0.3) is 0 Å². The zero-order valence-corrected chi connectivity index (χ0v) is 9.86. The molecule has 0 bridgehead atoms. The Labute approximate surface area is 91.5 Å². The van der Waals surface area contributed by atoms with Crippen LogP contribution in [0.2, 0.25) is 0 Å². The Kier molecular flexibility index (Phi) is 5.05. The maximum absolute atomic E-state index is 11.8. The summed E-state index contributed by atoms with van der Waals surface area (Å²) in [7, 11) is 0. The first-order valence-corrected chi connectivity index (χ1v) is 5.64. The van der Waals surface area contributed by atoms with Crippen LogP contribution in [0.15, 0.2) is 0 Å². The molecule has 0 radical (unpaired) electrons. The number of nitrogens with zero attached hydrogens (tertiary/aromatic N) is 1. The van der Waals surface area contributed by atoms with Gasteiger partial charge in [-0.15, -0.1) is 0 Å². The Balaban J connectivity index is 2.31. The van der Waals surface area contributed by atoms with Crippen molar-refractivity contribution in [3.63, 3.8) is 0 Å². The van der Waals surface area contributed by atoms with Crippen LogP contribution < -0.4 is 0 Å². The molecule has 1 aliphatic heterocycles. The third-order valence-electron chi connectivity index (χ3n) is 2.44. The number of hydrogen-bond acceptors (Lipinski definition) is 3. The van der Waals surface area contributed by atoms with Crippen LogP contribution in [0.1, 0.15) is 27.2 Å². The van der Waals surface area contributed by atoms with Gasteiger partial charge in [0.15, 0.2) is 0 Å². The molecule has 15 heavy (non-hydrogen) atoms. The van der Waals surface area contributed by atoms with Crippen LogP contribution in [0.25, 0.3) is 0 Å². The predicted molar refractivity (Wildman–Crippen MR) is 57.7 cm³/mol. The van der Waals surface area contributed by atoms with Gasteiger partial charge in [-0.3, -0.25) is 4.79 Å². The summed E-state index contributed by atoms with van der Waals surface area (Å²) in [6, 6.07) is 0. The van der Waals surface area contributed by atoms with Crippen LogP contribution in [0.4, 0.5) is 0 Å². The van der Waals surface area contributed by atoms with Gasteiger partial charge in [-0.05, 0) is 20.8 Å². The molecule has 2 atom stereocenters. The van der Waals surface area contributed by atoms with Crippen LogP contribution in [0, 0.1) is 0 Å². The van der Waals surface area contributed by atoms with Crippen molar-refractivity contribution >= 4 is 5.91 Å². The molecule has 0 saturated carbocycles. The van der Waals surface area contributed by atoms with E-state index in [9.17, 15) is 4.79 Å². The molecule has 1 saturated heterocycles. The summed E-state index contributed by atoms with van der Waals surface area (Å²) >= 11 is 0. The summed E-state index contributed by atoms with van der Waals surface area (Å²) in [6.45, 7) is 8.53. The van der Waals surface area contributed by atoms with Crippen molar-refractivity contribution in [2.45, 2.75) is 39.4 Å². The molecule has 0 aromatic rings. The molecule has 0 aromatic carbocycles. The first-order chi connectivity index (χ1) is 7.13. The van der Waals surface area contributed by atoms with E-state index in [1.165, 1.54) is 0 Å². The topological polar surface area (TPSA) is 38.8 Å². The maximum atomic E-state index is 11.8. The maximum Gasteiger partial charge on any atom is 0.225 e. The molecule has 1 aliphatic rings. The van der Waals surface area contributed by atoms with E-state index in [2.05, 4.69) is 0 Å². The summed E-state index contributed by atoms with van der Waals surface area (Å²) in [5.41, 5.74) is 0. The zero-order valence-electron chi connectivity index (χ0n) is 9.86. The van der Waals surface area contributed by atoms with Crippen LogP contribution in [0.5, 0.6) is 0 Å². The molecule has 4 nitrogen and oxygen atoms in total. The highest BCUT2D eigenvalue weighted by atomic mass is 16.5. The van der Waals surface area contributed by atoms with Crippen molar-refractivity contribution in [1.29, 1.82) is 0 Å². The number of ether oxygens (including phenoxy) is 2. The fraction of sp³-hybridized carbons (Fsp3) is 0.909. The SMILES string of the molecule is CCOCCC(=O)N1C[C@H](C)O[C@@H](C)C1. The molecule has 88 valence electrons. The van der Waals surface area contributed by atoms with E-state index in [0.29, 0.717) is 32.7 Å². The molecule has 1 heterocycles. The van der Waals surface area contributed by atoms with Crippen molar-refractivity contribution < 1.29 is 14.3 Å². The Morgan fingerprint density at radius 1 is 1.40 bits per heavy atom. The number of morpholine rings is 1. The molecule has 1 rings (SSSR count). The van der Waals surface area contributed by atoms with Crippen molar-refractivity contribution in [3.05, 3.63) is 0 Å². The summed E-state index contributed by atoms with van der Waals surface area (Å²) in [5, 5.41) is 0. The van der Waals surface area contributed by atoms with Crippen molar-refractivity contribution in [2.75, 3.05) is 26.3 Å². The van der Waals surface area contributed by atoms with Gasteiger partial charge in [0.05, 0.1) is 25.2 Å². The molecule has 0 spiro atoms. The van der Waals surface area contributed by atoms with Gasteiger partial charge in [-0.1, -0.05) is 0 Å². The predicted octanol–water partition coefficient (Wildman–Crippen LogP) is 1.05. The molecule has 0 N–H and O–H groups in total. The van der Waals surface area contributed by atoms with Gasteiger partial charge in [0.1, 0.15) is 0 Å². The number of carbonyl (C=O) groups excluding carboxylic acids is 1.